The van der Waals surface area contributed by atoms with Gasteiger partial charge in [-0.25, -0.2) is 4.79 Å². The van der Waals surface area contributed by atoms with E-state index in [1.165, 1.54) is 17.0 Å². The van der Waals surface area contributed by atoms with Crippen molar-refractivity contribution in [3.8, 4) is 0 Å². The van der Waals surface area contributed by atoms with E-state index in [1.54, 1.807) is 52.9 Å². The number of urea groups is 1. The van der Waals surface area contributed by atoms with E-state index in [9.17, 15) is 22.8 Å². The van der Waals surface area contributed by atoms with Crippen LogP contribution >= 0.6 is 12.2 Å². The number of ether oxygens (including phenoxy) is 1. The molecule has 8 nitrogen and oxygen atoms in total. The third kappa shape index (κ3) is 8.74. The van der Waals surface area contributed by atoms with Crippen LogP contribution in [-0.4, -0.2) is 42.2 Å². The van der Waals surface area contributed by atoms with E-state index in [-0.39, 0.29) is 29.9 Å². The molecule has 0 fully saturated rings. The highest BCUT2D eigenvalue weighted by molar-refractivity contribution is 7.80. The first-order chi connectivity index (χ1) is 18.0. The van der Waals surface area contributed by atoms with Crippen molar-refractivity contribution in [2.24, 2.45) is 5.41 Å². The lowest BCUT2D eigenvalue weighted by molar-refractivity contribution is -0.155. The van der Waals surface area contributed by atoms with Crippen molar-refractivity contribution >= 4 is 40.7 Å². The molecule has 0 saturated heterocycles. The zero-order valence-electron chi connectivity index (χ0n) is 23.0. The minimum Gasteiger partial charge on any atom is -0.462 e. The number of para-hydroxylation sites is 1. The van der Waals surface area contributed by atoms with Gasteiger partial charge in [0.25, 0.3) is 0 Å². The number of thiocarbonyl (C=S) groups is 1. The Morgan fingerprint density at radius 2 is 1.67 bits per heavy atom. The number of rotatable bonds is 8. The van der Waals surface area contributed by atoms with Crippen LogP contribution in [0.25, 0.3) is 0 Å². The molecule has 0 aromatic heterocycles. The zero-order valence-corrected chi connectivity index (χ0v) is 23.8. The monoisotopic (exact) mass is 567 g/mol. The molecular formula is C27H36F3N5O3S. The van der Waals surface area contributed by atoms with Crippen molar-refractivity contribution in [2.75, 3.05) is 31.2 Å². The average molecular weight is 568 g/mol. The summed E-state index contributed by atoms with van der Waals surface area (Å²) in [5.74, 6) is -0.524. The summed E-state index contributed by atoms with van der Waals surface area (Å²) in [6.07, 6.45) is -4.57. The van der Waals surface area contributed by atoms with Gasteiger partial charge in [0, 0.05) is 20.1 Å². The van der Waals surface area contributed by atoms with Crippen LogP contribution < -0.4 is 21.7 Å². The van der Waals surface area contributed by atoms with Crippen molar-refractivity contribution in [3.05, 3.63) is 59.2 Å². The molecule has 5 N–H and O–H groups in total. The Hall–Kier alpha value is -3.54. The number of amides is 2. The Balaban J connectivity index is 2.36. The molecule has 0 aliphatic rings. The predicted molar refractivity (Wildman–Crippen MR) is 150 cm³/mol. The molecule has 2 aromatic rings. The maximum Gasteiger partial charge on any atom is 0.416 e. The second-order valence-corrected chi connectivity index (χ2v) is 10.8. The second kappa shape index (κ2) is 12.5. The van der Waals surface area contributed by atoms with Crippen LogP contribution in [0.2, 0.25) is 0 Å². The van der Waals surface area contributed by atoms with Gasteiger partial charge in [0.05, 0.1) is 27.9 Å². The molecule has 1 atom stereocenters. The fourth-order valence-corrected chi connectivity index (χ4v) is 3.75. The van der Waals surface area contributed by atoms with Gasteiger partial charge in [0.1, 0.15) is 6.61 Å². The normalized spacial score (nSPS) is 13.2. The van der Waals surface area contributed by atoms with E-state index >= 15 is 0 Å². The van der Waals surface area contributed by atoms with Crippen LogP contribution in [0.15, 0.2) is 42.5 Å². The van der Waals surface area contributed by atoms with Crippen molar-refractivity contribution in [2.45, 2.75) is 52.9 Å². The molecule has 0 radical (unpaired) electrons. The Labute approximate surface area is 232 Å². The number of benzene rings is 2. The number of alkyl halides is 3. The lowest BCUT2D eigenvalue weighted by Crippen LogP contribution is -2.49. The largest absolute Gasteiger partial charge is 0.462 e. The molecule has 2 aromatic carbocycles. The summed E-state index contributed by atoms with van der Waals surface area (Å²) < 4.78 is 45.9. The molecule has 2 amide bonds. The van der Waals surface area contributed by atoms with Crippen LogP contribution in [0, 0.1) is 5.41 Å². The number of hydrogen-bond donors (Lipinski definition) is 4. The molecule has 0 aliphatic heterocycles. The van der Waals surface area contributed by atoms with E-state index < -0.39 is 28.7 Å². The smallest absolute Gasteiger partial charge is 0.416 e. The summed E-state index contributed by atoms with van der Waals surface area (Å²) in [7, 11) is 1.66. The van der Waals surface area contributed by atoms with Crippen LogP contribution in [0.4, 0.5) is 29.3 Å². The number of halogens is 3. The third-order valence-corrected chi connectivity index (χ3v) is 6.20. The molecule has 0 spiro atoms. The lowest BCUT2D eigenvalue weighted by atomic mass is 9.91. The zero-order chi connectivity index (χ0) is 29.6. The first-order valence-corrected chi connectivity index (χ1v) is 12.7. The van der Waals surface area contributed by atoms with Gasteiger partial charge >= 0.3 is 18.2 Å². The summed E-state index contributed by atoms with van der Waals surface area (Å²) in [5, 5.41) is 8.84. The Bertz CT molecular complexity index is 1200. The number of nitrogen functional groups attached to an aromatic ring is 1. The Kier molecular flexibility index (Phi) is 10.2. The second-order valence-electron chi connectivity index (χ2n) is 10.4. The van der Waals surface area contributed by atoms with Crippen LogP contribution in [0.1, 0.15) is 51.3 Å². The van der Waals surface area contributed by atoms with Crippen LogP contribution in [0.5, 0.6) is 0 Å². The van der Waals surface area contributed by atoms with E-state index in [1.807, 2.05) is 6.92 Å². The maximum atomic E-state index is 13.5. The van der Waals surface area contributed by atoms with Gasteiger partial charge in [-0.2, -0.15) is 13.2 Å². The summed E-state index contributed by atoms with van der Waals surface area (Å²) in [6.45, 7) is 8.82. The van der Waals surface area contributed by atoms with Gasteiger partial charge in [-0.1, -0.05) is 24.3 Å². The van der Waals surface area contributed by atoms with E-state index in [0.29, 0.717) is 23.5 Å². The fourth-order valence-electron chi connectivity index (χ4n) is 3.42. The fraction of sp³-hybridized carbons (Fsp3) is 0.444. The van der Waals surface area contributed by atoms with E-state index in [0.717, 1.165) is 12.1 Å². The summed E-state index contributed by atoms with van der Waals surface area (Å²) in [4.78, 5) is 26.2. The quantitative estimate of drug-likeness (QED) is 0.196. The van der Waals surface area contributed by atoms with E-state index in [2.05, 4.69) is 16.0 Å². The van der Waals surface area contributed by atoms with Gasteiger partial charge in [-0.3, -0.25) is 4.79 Å². The molecule has 1 unspecified atom stereocenters. The van der Waals surface area contributed by atoms with Crippen LogP contribution in [-0.2, 0) is 27.8 Å². The number of nitrogens with two attached hydrogens (primary N) is 1. The molecule has 0 aliphatic carbocycles. The molecular weight excluding hydrogens is 531 g/mol. The van der Waals surface area contributed by atoms with Gasteiger partial charge in [0.2, 0.25) is 0 Å². The van der Waals surface area contributed by atoms with Crippen molar-refractivity contribution in [3.63, 3.8) is 0 Å². The number of nitrogens with one attached hydrogen (secondary N) is 3. The summed E-state index contributed by atoms with van der Waals surface area (Å²) in [5.41, 5.74) is 4.78. The van der Waals surface area contributed by atoms with Gasteiger partial charge in [-0.05, 0) is 76.2 Å². The van der Waals surface area contributed by atoms with Crippen molar-refractivity contribution in [1.82, 2.24) is 15.5 Å². The van der Waals surface area contributed by atoms with Crippen molar-refractivity contribution < 1.29 is 27.5 Å². The Morgan fingerprint density at radius 3 is 2.26 bits per heavy atom. The number of carbonyl (C=O) groups excluding carboxylic acids is 2. The predicted octanol–water partition coefficient (Wildman–Crippen LogP) is 5.24. The highest BCUT2D eigenvalue weighted by Crippen LogP contribution is 2.33. The van der Waals surface area contributed by atoms with Gasteiger partial charge < -0.3 is 31.3 Å². The molecule has 0 heterocycles. The maximum absolute atomic E-state index is 13.5. The topological polar surface area (TPSA) is 109 Å². The highest BCUT2D eigenvalue weighted by atomic mass is 32.1. The standard InChI is InChI=1S/C27H36F3N5O3S/c1-7-35(6)24(37)32-15-17-10-8-13-20(31)21(17)33-23(39)34-26(5,16-38-22(36)25(2,3)4)18-11-9-12-19(14-18)27(28,29)30/h8-14H,7,15-16,31H2,1-6H3,(H,32,37)(H2,33,34,39). The molecule has 214 valence electrons. The summed E-state index contributed by atoms with van der Waals surface area (Å²) >= 11 is 5.52. The summed E-state index contributed by atoms with van der Waals surface area (Å²) in [6, 6.07) is 9.58. The molecule has 0 saturated carbocycles. The first kappa shape index (κ1) is 31.7. The number of nitrogens with zero attached hydrogens (tertiary/aromatic N) is 1. The minimum atomic E-state index is -4.57. The molecule has 2 rings (SSSR count). The number of anilines is 2. The minimum absolute atomic E-state index is 0.0258. The average Bonchev–Trinajstić information content (AvgIpc) is 2.85. The Morgan fingerprint density at radius 1 is 1.05 bits per heavy atom. The SMILES string of the molecule is CCN(C)C(=O)NCc1cccc(N)c1NC(=S)NC(C)(COC(=O)C(C)(C)C)c1cccc(C(F)(F)F)c1. The number of carbonyl (C=O) groups is 2. The number of hydrogen-bond acceptors (Lipinski definition) is 5. The molecule has 12 heteroatoms. The lowest BCUT2D eigenvalue weighted by Gasteiger charge is -2.34. The molecule has 39 heavy (non-hydrogen) atoms. The van der Waals surface area contributed by atoms with E-state index in [4.69, 9.17) is 22.7 Å². The van der Waals surface area contributed by atoms with Gasteiger partial charge in [-0.15, -0.1) is 0 Å². The highest BCUT2D eigenvalue weighted by Gasteiger charge is 2.36. The first-order valence-electron chi connectivity index (χ1n) is 12.3. The third-order valence-electron chi connectivity index (χ3n) is 5.99. The van der Waals surface area contributed by atoms with Gasteiger partial charge in [0.15, 0.2) is 5.11 Å². The van der Waals surface area contributed by atoms with Crippen LogP contribution in [0.3, 0.4) is 0 Å². The molecule has 0 bridgehead atoms. The van der Waals surface area contributed by atoms with Crippen molar-refractivity contribution in [1.29, 1.82) is 0 Å². The number of esters is 1.